The predicted octanol–water partition coefficient (Wildman–Crippen LogP) is 1.73. The molecule has 0 aliphatic carbocycles. The second-order valence-corrected chi connectivity index (χ2v) is 6.55. The van der Waals surface area contributed by atoms with Crippen LogP contribution in [0.2, 0.25) is 0 Å². The molecule has 1 aromatic carbocycles. The number of hydrogen-bond acceptors (Lipinski definition) is 5. The quantitative estimate of drug-likeness (QED) is 0.391. The molecule has 1 aromatic rings. The van der Waals surface area contributed by atoms with Gasteiger partial charge >= 0.3 is 5.97 Å². The Kier molecular flexibility index (Phi) is 5.15. The highest BCUT2D eigenvalue weighted by molar-refractivity contribution is 6.01. The summed E-state index contributed by atoms with van der Waals surface area (Å²) in [7, 11) is 0. The van der Waals surface area contributed by atoms with Crippen LogP contribution in [-0.2, 0) is 9.59 Å². The average Bonchev–Trinajstić information content (AvgIpc) is 2.60. The number of nitriles is 1. The molecule has 3 fully saturated rings. The van der Waals surface area contributed by atoms with Gasteiger partial charge < -0.3 is 15.0 Å². The van der Waals surface area contributed by atoms with Gasteiger partial charge in [-0.3, -0.25) is 9.59 Å². The van der Waals surface area contributed by atoms with Crippen molar-refractivity contribution in [2.75, 3.05) is 19.6 Å². The summed E-state index contributed by atoms with van der Waals surface area (Å²) >= 11 is 0. The first kappa shape index (κ1) is 17.2. The molecule has 1 unspecified atom stereocenters. The van der Waals surface area contributed by atoms with Crippen LogP contribution in [0.5, 0.6) is 5.75 Å². The molecule has 1 atom stereocenters. The van der Waals surface area contributed by atoms with E-state index in [2.05, 4.69) is 10.2 Å². The largest absolute Gasteiger partial charge is 0.427 e. The van der Waals surface area contributed by atoms with Crippen molar-refractivity contribution in [3.05, 3.63) is 35.4 Å². The van der Waals surface area contributed by atoms with Crippen molar-refractivity contribution >= 4 is 18.0 Å². The number of nitrogens with one attached hydrogen (secondary N) is 1. The normalized spacial score (nSPS) is 25.1. The number of fused-ring (bicyclic) bond motifs is 3. The number of piperidine rings is 3. The molecule has 0 aromatic heterocycles. The molecule has 0 spiro atoms. The van der Waals surface area contributed by atoms with E-state index in [4.69, 9.17) is 4.74 Å². The van der Waals surface area contributed by atoms with Crippen LogP contribution >= 0.6 is 0 Å². The highest BCUT2D eigenvalue weighted by atomic mass is 16.5. The van der Waals surface area contributed by atoms with Crippen LogP contribution in [0.4, 0.5) is 0 Å². The monoisotopic (exact) mass is 339 g/mol. The minimum atomic E-state index is -0.415. The third-order valence-electron chi connectivity index (χ3n) is 4.77. The van der Waals surface area contributed by atoms with Crippen molar-refractivity contribution in [3.8, 4) is 11.8 Å². The van der Waals surface area contributed by atoms with Crippen LogP contribution in [0, 0.1) is 17.2 Å². The fraction of sp³-hybridized carbons (Fsp3) is 0.421. The van der Waals surface area contributed by atoms with Crippen molar-refractivity contribution in [3.63, 3.8) is 0 Å². The molecule has 130 valence electrons. The van der Waals surface area contributed by atoms with E-state index in [0.29, 0.717) is 17.2 Å². The van der Waals surface area contributed by atoms with Gasteiger partial charge in [-0.2, -0.15) is 5.26 Å². The maximum atomic E-state index is 12.5. The van der Waals surface area contributed by atoms with Gasteiger partial charge in [0.1, 0.15) is 17.4 Å². The van der Waals surface area contributed by atoms with Gasteiger partial charge in [0.25, 0.3) is 5.91 Å². The lowest BCUT2D eigenvalue weighted by molar-refractivity contribution is -0.131. The molecular weight excluding hydrogens is 318 g/mol. The topological polar surface area (TPSA) is 82.4 Å². The zero-order valence-electron chi connectivity index (χ0n) is 14.2. The van der Waals surface area contributed by atoms with Crippen molar-refractivity contribution in [1.82, 2.24) is 10.2 Å². The van der Waals surface area contributed by atoms with Crippen molar-refractivity contribution in [2.24, 2.45) is 5.92 Å². The third-order valence-corrected chi connectivity index (χ3v) is 4.77. The maximum absolute atomic E-state index is 12.5. The highest BCUT2D eigenvalue weighted by Crippen LogP contribution is 2.27. The van der Waals surface area contributed by atoms with Crippen LogP contribution in [0.15, 0.2) is 29.8 Å². The Bertz CT molecular complexity index is 743. The second-order valence-electron chi connectivity index (χ2n) is 6.55. The summed E-state index contributed by atoms with van der Waals surface area (Å²) in [5, 5.41) is 12.4. The molecule has 1 amide bonds. The van der Waals surface area contributed by atoms with E-state index < -0.39 is 5.97 Å². The van der Waals surface area contributed by atoms with Gasteiger partial charge in [0.05, 0.1) is 0 Å². The van der Waals surface area contributed by atoms with Crippen molar-refractivity contribution in [2.45, 2.75) is 25.8 Å². The van der Waals surface area contributed by atoms with Gasteiger partial charge in [-0.25, -0.2) is 0 Å². The number of nitrogens with zero attached hydrogens (tertiary/aromatic N) is 2. The van der Waals surface area contributed by atoms with Gasteiger partial charge in [0.2, 0.25) is 0 Å². The van der Waals surface area contributed by atoms with E-state index in [0.717, 1.165) is 32.5 Å². The standard InChI is InChI=1S/C19H21N3O3/c1-13(23)25-17-4-2-3-14(10-17)9-16(11-20)19(24)21-18-12-22-7-5-15(18)6-8-22/h2-4,9-10,15,18H,5-8,12H2,1H3,(H,21,24). The molecule has 25 heavy (non-hydrogen) atoms. The fourth-order valence-corrected chi connectivity index (χ4v) is 3.52. The van der Waals surface area contributed by atoms with Crippen LogP contribution in [0.25, 0.3) is 6.08 Å². The molecule has 3 heterocycles. The summed E-state index contributed by atoms with van der Waals surface area (Å²) in [5.74, 6) is 0.124. The summed E-state index contributed by atoms with van der Waals surface area (Å²) in [4.78, 5) is 25.9. The van der Waals surface area contributed by atoms with Gasteiger partial charge in [-0.05, 0) is 55.6 Å². The Morgan fingerprint density at radius 3 is 2.72 bits per heavy atom. The zero-order chi connectivity index (χ0) is 17.8. The average molecular weight is 339 g/mol. The molecule has 6 heteroatoms. The minimum Gasteiger partial charge on any atom is -0.427 e. The first-order valence-electron chi connectivity index (χ1n) is 8.48. The molecule has 2 bridgehead atoms. The number of hydrogen-bond donors (Lipinski definition) is 1. The summed E-state index contributed by atoms with van der Waals surface area (Å²) in [6.07, 6.45) is 3.71. The molecule has 3 saturated heterocycles. The zero-order valence-corrected chi connectivity index (χ0v) is 14.2. The summed E-state index contributed by atoms with van der Waals surface area (Å²) in [5.41, 5.74) is 0.691. The lowest BCUT2D eigenvalue weighted by Crippen LogP contribution is -2.57. The molecule has 3 aliphatic heterocycles. The molecule has 4 rings (SSSR count). The first-order chi connectivity index (χ1) is 12.0. The number of rotatable bonds is 4. The first-order valence-corrected chi connectivity index (χ1v) is 8.48. The van der Waals surface area contributed by atoms with E-state index in [-0.39, 0.29) is 17.5 Å². The number of benzene rings is 1. The van der Waals surface area contributed by atoms with E-state index in [1.54, 1.807) is 24.3 Å². The number of carbonyl (C=O) groups is 2. The van der Waals surface area contributed by atoms with Crippen LogP contribution in [0.1, 0.15) is 25.3 Å². The van der Waals surface area contributed by atoms with Gasteiger partial charge in [0.15, 0.2) is 0 Å². The second kappa shape index (κ2) is 7.49. The maximum Gasteiger partial charge on any atom is 0.308 e. The molecule has 3 aliphatic rings. The number of ether oxygens (including phenoxy) is 1. The summed E-state index contributed by atoms with van der Waals surface area (Å²) < 4.78 is 5.03. The van der Waals surface area contributed by atoms with E-state index >= 15 is 0 Å². The molecule has 0 radical (unpaired) electrons. The number of amides is 1. The van der Waals surface area contributed by atoms with E-state index in [9.17, 15) is 14.9 Å². The van der Waals surface area contributed by atoms with Gasteiger partial charge in [-0.15, -0.1) is 0 Å². The number of esters is 1. The SMILES string of the molecule is CC(=O)Oc1cccc(C=C(C#N)C(=O)NC2CN3CCC2CC3)c1. The fourth-order valence-electron chi connectivity index (χ4n) is 3.52. The highest BCUT2D eigenvalue weighted by Gasteiger charge is 2.35. The van der Waals surface area contributed by atoms with Crippen molar-refractivity contribution in [1.29, 1.82) is 5.26 Å². The Morgan fingerprint density at radius 1 is 1.36 bits per heavy atom. The molecule has 0 saturated carbocycles. The van der Waals surface area contributed by atoms with Crippen LogP contribution in [0.3, 0.4) is 0 Å². The molecular formula is C19H21N3O3. The smallest absolute Gasteiger partial charge is 0.308 e. The lowest BCUT2D eigenvalue weighted by Gasteiger charge is -2.44. The number of carbonyl (C=O) groups excluding carboxylic acids is 2. The Hall–Kier alpha value is -2.65. The molecule has 6 nitrogen and oxygen atoms in total. The predicted molar refractivity (Wildman–Crippen MR) is 92.4 cm³/mol. The minimum absolute atomic E-state index is 0.0522. The summed E-state index contributed by atoms with van der Waals surface area (Å²) in [6.45, 7) is 4.38. The Labute approximate surface area is 147 Å². The molecule has 1 N–H and O–H groups in total. The van der Waals surface area contributed by atoms with E-state index in [1.165, 1.54) is 13.0 Å². The van der Waals surface area contributed by atoms with Crippen LogP contribution in [-0.4, -0.2) is 42.5 Å². The van der Waals surface area contributed by atoms with Gasteiger partial charge in [-0.1, -0.05) is 12.1 Å². The third kappa shape index (κ3) is 4.25. The Balaban J connectivity index is 1.71. The lowest BCUT2D eigenvalue weighted by atomic mass is 9.84. The van der Waals surface area contributed by atoms with Gasteiger partial charge in [0, 0.05) is 19.5 Å². The summed E-state index contributed by atoms with van der Waals surface area (Å²) in [6, 6.07) is 8.83. The Morgan fingerprint density at radius 2 is 2.12 bits per heavy atom. The van der Waals surface area contributed by atoms with Crippen molar-refractivity contribution < 1.29 is 14.3 Å². The van der Waals surface area contributed by atoms with E-state index in [1.807, 2.05) is 6.07 Å². The van der Waals surface area contributed by atoms with Crippen LogP contribution < -0.4 is 10.1 Å².